The quantitative estimate of drug-likeness (QED) is 0.0261. The van der Waals surface area contributed by atoms with Crippen molar-refractivity contribution in [1.82, 2.24) is 0 Å². The van der Waals surface area contributed by atoms with E-state index in [0.29, 0.717) is 19.3 Å². The average molecular weight is 1140 g/mol. The van der Waals surface area contributed by atoms with E-state index in [1.807, 2.05) is 12.2 Å². The normalized spacial score (nSPS) is 13.4. The highest BCUT2D eigenvalue weighted by atomic mass is 16.6. The molecule has 0 aliphatic rings. The molecular weight excluding hydrogens is 1020 g/mol. The summed E-state index contributed by atoms with van der Waals surface area (Å²) >= 11 is 0. The van der Waals surface area contributed by atoms with Crippen LogP contribution in [0.5, 0.6) is 0 Å². The Morgan fingerprint density at radius 2 is 0.494 bits per heavy atom. The Morgan fingerprint density at radius 3 is 0.807 bits per heavy atom. The van der Waals surface area contributed by atoms with E-state index in [1.165, 1.54) is 70.6 Å². The van der Waals surface area contributed by atoms with Crippen LogP contribution in [0.25, 0.3) is 0 Å². The molecule has 0 saturated heterocycles. The third-order valence-electron chi connectivity index (χ3n) is 13.1. The molecule has 83 heavy (non-hydrogen) atoms. The Balaban J connectivity index is 4.60. The first-order chi connectivity index (χ1) is 41.0. The molecule has 0 aromatic rings. The number of unbranched alkanes of at least 4 members (excludes halogenated alkanes) is 14. The molecule has 462 valence electrons. The molecule has 0 radical (unpaired) electrons. The van der Waals surface area contributed by atoms with Gasteiger partial charge in [0, 0.05) is 19.3 Å². The number of hydrogen-bond donors (Lipinski definition) is 0. The van der Waals surface area contributed by atoms with Crippen LogP contribution in [0.15, 0.2) is 194 Å². The minimum absolute atomic E-state index is 0.135. The Kier molecular flexibility index (Phi) is 64.0. The van der Waals surface area contributed by atoms with Gasteiger partial charge in [-0.3, -0.25) is 14.4 Å². The summed E-state index contributed by atoms with van der Waals surface area (Å²) in [7, 11) is 0. The molecule has 0 N–H and O–H groups in total. The maximum Gasteiger partial charge on any atom is 0.306 e. The molecular formula is C77H118O6. The number of hydrogen-bond acceptors (Lipinski definition) is 6. The molecule has 6 heteroatoms. The van der Waals surface area contributed by atoms with Crippen molar-refractivity contribution in [3.05, 3.63) is 194 Å². The molecule has 0 aliphatic carbocycles. The van der Waals surface area contributed by atoms with Gasteiger partial charge in [-0.05, 0) is 154 Å². The molecule has 0 amide bonds. The zero-order valence-electron chi connectivity index (χ0n) is 52.9. The molecule has 0 fully saturated rings. The van der Waals surface area contributed by atoms with E-state index in [1.54, 1.807) is 0 Å². The van der Waals surface area contributed by atoms with Gasteiger partial charge in [-0.2, -0.15) is 0 Å². The first kappa shape index (κ1) is 77.2. The summed E-state index contributed by atoms with van der Waals surface area (Å²) in [6, 6.07) is 0. The number of rotatable bonds is 57. The van der Waals surface area contributed by atoms with E-state index >= 15 is 0 Å². The SMILES string of the molecule is CC/C=C\C/C=C\C/C=C\C/C=C\C/C=C\C/C=C\C/C=C\C/C=C\CCCCC(=O)OCC(COC(=O)CCCCCCCCCCC/C=C\C/C=C\CCCCC)OC(=O)CC/C=C\C/C=C\C/C=C\C/C=C\C/C=C\C/C=C\CC. The molecule has 0 aromatic carbocycles. The number of allylic oxidation sites excluding steroid dienone is 32. The summed E-state index contributed by atoms with van der Waals surface area (Å²) in [4.78, 5) is 38.4. The number of esters is 3. The zero-order valence-corrected chi connectivity index (χ0v) is 52.9. The Labute approximate surface area is 509 Å². The number of ether oxygens (including phenoxy) is 3. The second kappa shape index (κ2) is 68.7. The third-order valence-corrected chi connectivity index (χ3v) is 13.1. The number of carbonyl (C=O) groups is 3. The second-order valence-corrected chi connectivity index (χ2v) is 20.9. The topological polar surface area (TPSA) is 78.9 Å². The predicted octanol–water partition coefficient (Wildman–Crippen LogP) is 23.0. The van der Waals surface area contributed by atoms with Gasteiger partial charge in [-0.15, -0.1) is 0 Å². The highest BCUT2D eigenvalue weighted by molar-refractivity contribution is 5.71. The van der Waals surface area contributed by atoms with Crippen LogP contribution in [0.1, 0.15) is 252 Å². The molecule has 0 spiro atoms. The van der Waals surface area contributed by atoms with E-state index < -0.39 is 12.1 Å². The first-order valence-electron chi connectivity index (χ1n) is 32.9. The fraction of sp³-hybridized carbons (Fsp3) is 0.545. The molecule has 0 saturated carbocycles. The van der Waals surface area contributed by atoms with Gasteiger partial charge in [-0.25, -0.2) is 0 Å². The lowest BCUT2D eigenvalue weighted by atomic mass is 10.1. The summed E-state index contributed by atoms with van der Waals surface area (Å²) in [6.07, 6.45) is 104. The van der Waals surface area contributed by atoms with E-state index in [4.69, 9.17) is 14.2 Å². The molecule has 6 nitrogen and oxygen atoms in total. The zero-order chi connectivity index (χ0) is 59.9. The second-order valence-electron chi connectivity index (χ2n) is 20.9. The Bertz CT molecular complexity index is 1990. The summed E-state index contributed by atoms with van der Waals surface area (Å²) in [5.74, 6) is -1.08. The maximum absolute atomic E-state index is 12.9. The molecule has 0 aromatic heterocycles. The summed E-state index contributed by atoms with van der Waals surface area (Å²) < 4.78 is 16.8. The van der Waals surface area contributed by atoms with E-state index in [9.17, 15) is 14.4 Å². The van der Waals surface area contributed by atoms with Crippen molar-refractivity contribution in [2.24, 2.45) is 0 Å². The van der Waals surface area contributed by atoms with Crippen molar-refractivity contribution in [2.75, 3.05) is 13.2 Å². The van der Waals surface area contributed by atoms with Gasteiger partial charge in [0.1, 0.15) is 13.2 Å². The van der Waals surface area contributed by atoms with Crippen LogP contribution in [0.4, 0.5) is 0 Å². The fourth-order valence-corrected chi connectivity index (χ4v) is 8.22. The van der Waals surface area contributed by atoms with Crippen LogP contribution in [0.3, 0.4) is 0 Å². The van der Waals surface area contributed by atoms with E-state index in [-0.39, 0.29) is 38.0 Å². The maximum atomic E-state index is 12.9. The predicted molar refractivity (Wildman–Crippen MR) is 361 cm³/mol. The average Bonchev–Trinajstić information content (AvgIpc) is 3.50. The molecule has 1 atom stereocenters. The highest BCUT2D eigenvalue weighted by Gasteiger charge is 2.19. The standard InChI is InChI=1S/C77H118O6/c1-4-7-10-13-16-19-22-25-28-31-34-35-36-37-38-39-40-41-44-46-49-52-55-58-61-64-67-70-76(79)82-73-74(83-77(80)71-68-65-62-59-56-53-50-47-43-33-30-27-24-21-18-15-12-9-6-3)72-81-75(78)69-66-63-60-57-54-51-48-45-42-32-29-26-23-20-17-14-11-8-5-2/h7,9-10,12,16-21,25-30,34-35,37-38,40-41,43,46-47,49,53,55-56,58,62,65,74H,4-6,8,11,13-15,22-24,31-33,36,39,42,44-45,48,50-52,54,57,59-61,63-64,66-73H2,1-3H3/b10-7-,12-9-,19-16-,20-17-,21-18-,28-25-,29-26-,30-27-,35-34-,38-37-,41-40-,47-43-,49-46-,56-53-,58-55-,65-62-. The van der Waals surface area contributed by atoms with Crippen molar-refractivity contribution in [2.45, 2.75) is 258 Å². The fourth-order valence-electron chi connectivity index (χ4n) is 8.22. The third kappa shape index (κ3) is 66.9. The van der Waals surface area contributed by atoms with Gasteiger partial charge in [0.2, 0.25) is 0 Å². The molecule has 0 heterocycles. The van der Waals surface area contributed by atoms with Crippen LogP contribution < -0.4 is 0 Å². The van der Waals surface area contributed by atoms with Crippen LogP contribution in [0, 0.1) is 0 Å². The lowest BCUT2D eigenvalue weighted by molar-refractivity contribution is -0.166. The Morgan fingerprint density at radius 1 is 0.253 bits per heavy atom. The van der Waals surface area contributed by atoms with Gasteiger partial charge in [0.25, 0.3) is 0 Å². The summed E-state index contributed by atoms with van der Waals surface area (Å²) in [5.41, 5.74) is 0. The van der Waals surface area contributed by atoms with Crippen LogP contribution in [-0.2, 0) is 28.6 Å². The van der Waals surface area contributed by atoms with Gasteiger partial charge >= 0.3 is 17.9 Å². The van der Waals surface area contributed by atoms with Gasteiger partial charge < -0.3 is 14.2 Å². The molecule has 0 rings (SSSR count). The van der Waals surface area contributed by atoms with Crippen molar-refractivity contribution in [3.63, 3.8) is 0 Å². The van der Waals surface area contributed by atoms with Crippen molar-refractivity contribution < 1.29 is 28.6 Å². The lowest BCUT2D eigenvalue weighted by Crippen LogP contribution is -2.30. The van der Waals surface area contributed by atoms with Gasteiger partial charge in [0.05, 0.1) is 0 Å². The van der Waals surface area contributed by atoms with E-state index in [2.05, 4.69) is 203 Å². The van der Waals surface area contributed by atoms with Crippen LogP contribution in [-0.4, -0.2) is 37.2 Å². The monoisotopic (exact) mass is 1140 g/mol. The van der Waals surface area contributed by atoms with Gasteiger partial charge in [0.15, 0.2) is 6.10 Å². The van der Waals surface area contributed by atoms with Crippen molar-refractivity contribution >= 4 is 17.9 Å². The van der Waals surface area contributed by atoms with Crippen molar-refractivity contribution in [3.8, 4) is 0 Å². The minimum atomic E-state index is -0.852. The smallest absolute Gasteiger partial charge is 0.306 e. The summed E-state index contributed by atoms with van der Waals surface area (Å²) in [5, 5.41) is 0. The molecule has 0 aliphatic heterocycles. The molecule has 1 unspecified atom stereocenters. The van der Waals surface area contributed by atoms with Gasteiger partial charge in [-0.1, -0.05) is 273 Å². The highest BCUT2D eigenvalue weighted by Crippen LogP contribution is 2.13. The van der Waals surface area contributed by atoms with Crippen LogP contribution >= 0.6 is 0 Å². The van der Waals surface area contributed by atoms with Crippen LogP contribution in [0.2, 0.25) is 0 Å². The largest absolute Gasteiger partial charge is 0.462 e. The van der Waals surface area contributed by atoms with Crippen molar-refractivity contribution in [1.29, 1.82) is 0 Å². The molecule has 0 bridgehead atoms. The Hall–Kier alpha value is -5.75. The minimum Gasteiger partial charge on any atom is -0.462 e. The summed E-state index contributed by atoms with van der Waals surface area (Å²) in [6.45, 7) is 6.28. The first-order valence-corrected chi connectivity index (χ1v) is 32.9. The lowest BCUT2D eigenvalue weighted by Gasteiger charge is -2.18. The number of carbonyl (C=O) groups excluding carboxylic acids is 3. The van der Waals surface area contributed by atoms with E-state index in [0.717, 1.165) is 128 Å².